The number of thiophene rings is 2. The molecular weight excluding hydrogens is 386 g/mol. The van der Waals surface area contributed by atoms with Gasteiger partial charge in [-0.05, 0) is 11.4 Å². The van der Waals surface area contributed by atoms with Crippen molar-refractivity contribution in [3.63, 3.8) is 0 Å². The van der Waals surface area contributed by atoms with E-state index in [1.807, 2.05) is 22.9 Å². The molecule has 1 N–H and O–H groups in total. The minimum Gasteiger partial charge on any atom is -0.335 e. The van der Waals surface area contributed by atoms with E-state index in [-0.39, 0.29) is 17.2 Å². The van der Waals surface area contributed by atoms with Crippen LogP contribution < -0.4 is 5.56 Å². The van der Waals surface area contributed by atoms with Crippen LogP contribution in [0.25, 0.3) is 20.7 Å². The predicted octanol–water partition coefficient (Wildman–Crippen LogP) is 4.01. The van der Waals surface area contributed by atoms with Crippen molar-refractivity contribution in [2.24, 2.45) is 0 Å². The number of aromatic nitrogens is 2. The number of amides is 1. The Hall–Kier alpha value is -2.16. The van der Waals surface area contributed by atoms with Gasteiger partial charge in [0.25, 0.3) is 5.56 Å². The third kappa shape index (κ3) is 3.98. The third-order valence-corrected chi connectivity index (χ3v) is 6.23. The maximum Gasteiger partial charge on any atom is 0.260 e. The van der Waals surface area contributed by atoms with Crippen molar-refractivity contribution in [2.75, 3.05) is 18.8 Å². The lowest BCUT2D eigenvalue weighted by Crippen LogP contribution is -2.32. The van der Waals surface area contributed by atoms with E-state index in [2.05, 4.69) is 23.1 Å². The Balaban J connectivity index is 1.80. The molecule has 0 aliphatic heterocycles. The average molecular weight is 404 g/mol. The SMILES string of the molecule is C=CCN(CC=C)C(=O)CSc1nc2scc(-c3cccs3)c2c(=O)[nH]1. The number of hydrogen-bond acceptors (Lipinski definition) is 6. The lowest BCUT2D eigenvalue weighted by molar-refractivity contribution is -0.127. The first-order valence-electron chi connectivity index (χ1n) is 7.81. The van der Waals surface area contributed by atoms with Crippen LogP contribution in [0.5, 0.6) is 0 Å². The van der Waals surface area contributed by atoms with E-state index in [1.54, 1.807) is 28.4 Å². The summed E-state index contributed by atoms with van der Waals surface area (Å²) in [5.41, 5.74) is 0.730. The molecule has 26 heavy (non-hydrogen) atoms. The molecule has 8 heteroatoms. The molecule has 0 aliphatic carbocycles. The quantitative estimate of drug-likeness (QED) is 0.351. The summed E-state index contributed by atoms with van der Waals surface area (Å²) in [6, 6.07) is 3.94. The van der Waals surface area contributed by atoms with E-state index < -0.39 is 0 Å². The van der Waals surface area contributed by atoms with Crippen LogP contribution in [0.2, 0.25) is 0 Å². The highest BCUT2D eigenvalue weighted by atomic mass is 32.2. The van der Waals surface area contributed by atoms with Crippen molar-refractivity contribution < 1.29 is 4.79 Å². The van der Waals surface area contributed by atoms with Gasteiger partial charge in [0.05, 0.1) is 11.1 Å². The Labute approximate surface area is 163 Å². The van der Waals surface area contributed by atoms with E-state index in [0.717, 1.165) is 10.4 Å². The molecular formula is C18H17N3O2S3. The van der Waals surface area contributed by atoms with Gasteiger partial charge in [-0.2, -0.15) is 0 Å². The highest BCUT2D eigenvalue weighted by Gasteiger charge is 2.16. The van der Waals surface area contributed by atoms with Crippen LogP contribution in [0.3, 0.4) is 0 Å². The normalized spacial score (nSPS) is 10.8. The van der Waals surface area contributed by atoms with Crippen LogP contribution in [0.1, 0.15) is 0 Å². The zero-order valence-electron chi connectivity index (χ0n) is 13.9. The molecule has 0 atom stereocenters. The van der Waals surface area contributed by atoms with Crippen molar-refractivity contribution >= 4 is 50.6 Å². The van der Waals surface area contributed by atoms with Crippen molar-refractivity contribution in [3.05, 3.63) is 58.6 Å². The summed E-state index contributed by atoms with van der Waals surface area (Å²) >= 11 is 4.25. The Kier molecular flexibility index (Phi) is 6.08. The van der Waals surface area contributed by atoms with E-state index in [1.165, 1.54) is 23.1 Å². The van der Waals surface area contributed by atoms with Crippen LogP contribution >= 0.6 is 34.4 Å². The molecule has 0 radical (unpaired) electrons. The average Bonchev–Trinajstić information content (AvgIpc) is 3.28. The van der Waals surface area contributed by atoms with Crippen molar-refractivity contribution in [1.29, 1.82) is 0 Å². The van der Waals surface area contributed by atoms with Crippen molar-refractivity contribution in [3.8, 4) is 10.4 Å². The standard InChI is InChI=1S/C18H17N3O2S3/c1-3-7-21(8-4-2)14(22)11-26-18-19-16(23)15-12(10-25-17(15)20-18)13-6-5-9-24-13/h3-6,9-10H,1-2,7-8,11H2,(H,19,20,23). The maximum atomic E-state index is 12.5. The fraction of sp³-hybridized carbons (Fsp3) is 0.167. The lowest BCUT2D eigenvalue weighted by Gasteiger charge is -2.18. The van der Waals surface area contributed by atoms with Crippen LogP contribution in [-0.4, -0.2) is 39.6 Å². The first kappa shape index (κ1) is 18.6. The predicted molar refractivity (Wildman–Crippen MR) is 111 cm³/mol. The number of nitrogens with zero attached hydrogens (tertiary/aromatic N) is 2. The summed E-state index contributed by atoms with van der Waals surface area (Å²) in [5, 5.41) is 4.99. The first-order valence-corrected chi connectivity index (χ1v) is 10.6. The van der Waals surface area contributed by atoms with Crippen LogP contribution in [0, 0.1) is 0 Å². The number of H-pyrrole nitrogens is 1. The monoisotopic (exact) mass is 403 g/mol. The number of thioether (sulfide) groups is 1. The second-order valence-corrected chi connectivity index (χ2v) is 8.11. The molecule has 1 amide bonds. The van der Waals surface area contributed by atoms with E-state index in [9.17, 15) is 9.59 Å². The molecule has 3 aromatic rings. The molecule has 134 valence electrons. The van der Waals surface area contributed by atoms with E-state index >= 15 is 0 Å². The summed E-state index contributed by atoms with van der Waals surface area (Å²) in [7, 11) is 0. The van der Waals surface area contributed by atoms with Crippen molar-refractivity contribution in [1.82, 2.24) is 14.9 Å². The summed E-state index contributed by atoms with van der Waals surface area (Å²) < 4.78 is 0. The maximum absolute atomic E-state index is 12.5. The zero-order chi connectivity index (χ0) is 18.5. The number of fused-ring (bicyclic) bond motifs is 1. The smallest absolute Gasteiger partial charge is 0.260 e. The Morgan fingerprint density at radius 3 is 2.73 bits per heavy atom. The highest BCUT2D eigenvalue weighted by Crippen LogP contribution is 2.34. The molecule has 5 nitrogen and oxygen atoms in total. The molecule has 0 aromatic carbocycles. The first-order chi connectivity index (χ1) is 12.6. The summed E-state index contributed by atoms with van der Waals surface area (Å²) in [6.45, 7) is 8.24. The topological polar surface area (TPSA) is 66.1 Å². The fourth-order valence-electron chi connectivity index (χ4n) is 2.42. The molecule has 0 fully saturated rings. The molecule has 0 aliphatic rings. The number of carbonyl (C=O) groups is 1. The zero-order valence-corrected chi connectivity index (χ0v) is 16.4. The van der Waals surface area contributed by atoms with Gasteiger partial charge in [0.2, 0.25) is 5.91 Å². The van der Waals surface area contributed by atoms with Crippen LogP contribution in [-0.2, 0) is 4.79 Å². The van der Waals surface area contributed by atoms with Gasteiger partial charge in [-0.15, -0.1) is 35.8 Å². The molecule has 0 unspecified atom stereocenters. The summed E-state index contributed by atoms with van der Waals surface area (Å²) in [5.74, 6) is 0.141. The van der Waals surface area contributed by atoms with Gasteiger partial charge in [-0.1, -0.05) is 30.0 Å². The molecule has 0 bridgehead atoms. The number of hydrogen-bond donors (Lipinski definition) is 1. The van der Waals surface area contributed by atoms with Gasteiger partial charge in [-0.3, -0.25) is 9.59 Å². The molecule has 3 aromatic heterocycles. The second-order valence-electron chi connectivity index (χ2n) is 5.34. The van der Waals surface area contributed by atoms with Gasteiger partial charge in [-0.25, -0.2) is 4.98 Å². The lowest BCUT2D eigenvalue weighted by atomic mass is 10.2. The van der Waals surface area contributed by atoms with E-state index in [0.29, 0.717) is 28.5 Å². The molecule has 0 saturated carbocycles. The van der Waals surface area contributed by atoms with Gasteiger partial charge < -0.3 is 9.88 Å². The highest BCUT2D eigenvalue weighted by molar-refractivity contribution is 7.99. The number of rotatable bonds is 8. The van der Waals surface area contributed by atoms with Crippen LogP contribution in [0.4, 0.5) is 0 Å². The van der Waals surface area contributed by atoms with Gasteiger partial charge in [0, 0.05) is 28.9 Å². The minimum absolute atomic E-state index is 0.0528. The van der Waals surface area contributed by atoms with Crippen LogP contribution in [0.15, 0.2) is 58.2 Å². The molecule has 0 saturated heterocycles. The fourth-order valence-corrected chi connectivity index (χ4v) is 5.01. The van der Waals surface area contributed by atoms with Gasteiger partial charge >= 0.3 is 0 Å². The van der Waals surface area contributed by atoms with E-state index in [4.69, 9.17) is 0 Å². The Bertz CT molecular complexity index is 979. The molecule has 0 spiro atoms. The largest absolute Gasteiger partial charge is 0.335 e. The van der Waals surface area contributed by atoms with Gasteiger partial charge in [0.1, 0.15) is 4.83 Å². The number of aromatic amines is 1. The van der Waals surface area contributed by atoms with Gasteiger partial charge in [0.15, 0.2) is 5.16 Å². The Morgan fingerprint density at radius 2 is 2.08 bits per heavy atom. The second kappa shape index (κ2) is 8.48. The molecule has 3 heterocycles. The summed E-state index contributed by atoms with van der Waals surface area (Å²) in [6.07, 6.45) is 3.35. The minimum atomic E-state index is -0.177. The third-order valence-electron chi connectivity index (χ3n) is 3.59. The summed E-state index contributed by atoms with van der Waals surface area (Å²) in [4.78, 5) is 35.5. The number of nitrogens with one attached hydrogen (secondary N) is 1. The number of carbonyl (C=O) groups excluding carboxylic acids is 1. The molecule has 3 rings (SSSR count). The van der Waals surface area contributed by atoms with Crippen molar-refractivity contribution in [2.45, 2.75) is 5.16 Å². The Morgan fingerprint density at radius 1 is 1.31 bits per heavy atom.